The number of pyridine rings is 1. The smallest absolute Gasteiger partial charge is 0.244 e. The van der Waals surface area contributed by atoms with Crippen LogP contribution in [0.25, 0.3) is 11.0 Å². The van der Waals surface area contributed by atoms with Crippen LogP contribution in [-0.4, -0.2) is 56.1 Å². The van der Waals surface area contributed by atoms with Crippen molar-refractivity contribution in [2.45, 2.75) is 70.1 Å². The third kappa shape index (κ3) is 4.51. The Hall–Kier alpha value is -2.41. The van der Waals surface area contributed by atoms with Crippen LogP contribution in [0.3, 0.4) is 0 Å². The summed E-state index contributed by atoms with van der Waals surface area (Å²) in [6.45, 7) is 3.24. The van der Waals surface area contributed by atoms with Gasteiger partial charge in [-0.2, -0.15) is 0 Å². The zero-order valence-electron chi connectivity index (χ0n) is 17.7. The van der Waals surface area contributed by atoms with Gasteiger partial charge in [0, 0.05) is 31.4 Å². The topological polar surface area (TPSA) is 87.5 Å². The molecule has 2 fully saturated rings. The lowest BCUT2D eigenvalue weighted by Gasteiger charge is -2.39. The number of carbonyl (C=O) groups is 2. The van der Waals surface area contributed by atoms with E-state index < -0.39 is 11.6 Å². The van der Waals surface area contributed by atoms with E-state index in [2.05, 4.69) is 10.3 Å². The van der Waals surface area contributed by atoms with Gasteiger partial charge in [0.15, 0.2) is 0 Å². The van der Waals surface area contributed by atoms with Crippen LogP contribution in [0, 0.1) is 5.92 Å². The molecule has 1 aliphatic heterocycles. The number of nitrogens with one attached hydrogen (secondary N) is 1. The minimum Gasteiger partial charge on any atom is -0.388 e. The van der Waals surface area contributed by atoms with Crippen molar-refractivity contribution in [2.24, 2.45) is 5.92 Å². The number of hydrogen-bond acceptors (Lipinski definition) is 4. The molecule has 2 aliphatic rings. The lowest BCUT2D eigenvalue weighted by Crippen LogP contribution is -2.54. The third-order valence-corrected chi connectivity index (χ3v) is 6.71. The zero-order valence-corrected chi connectivity index (χ0v) is 17.7. The minimum atomic E-state index is -0.854. The molecule has 2 amide bonds. The van der Waals surface area contributed by atoms with Gasteiger partial charge in [-0.3, -0.25) is 14.6 Å². The summed E-state index contributed by atoms with van der Waals surface area (Å²) in [6, 6.07) is 5.33. The van der Waals surface area contributed by atoms with E-state index in [1.54, 1.807) is 18.0 Å². The molecule has 2 aromatic heterocycles. The van der Waals surface area contributed by atoms with E-state index in [-0.39, 0.29) is 17.7 Å². The minimum absolute atomic E-state index is 0.0113. The zero-order chi connectivity index (χ0) is 21.1. The molecule has 7 nitrogen and oxygen atoms in total. The second-order valence-electron chi connectivity index (χ2n) is 8.97. The van der Waals surface area contributed by atoms with Crippen molar-refractivity contribution >= 4 is 22.8 Å². The van der Waals surface area contributed by atoms with E-state index in [0.717, 1.165) is 36.7 Å². The molecule has 2 N–H and O–H groups in total. The van der Waals surface area contributed by atoms with Crippen LogP contribution in [0.1, 0.15) is 51.9 Å². The SMILES string of the molecule is CC(NC(=O)C1CCCCC1)C(=O)N1CCC(O)(Cn2ccc3ncccc32)CC1. The number of rotatable bonds is 5. The Bertz CT molecular complexity index is 895. The summed E-state index contributed by atoms with van der Waals surface area (Å²) in [5, 5.41) is 14.0. The summed E-state index contributed by atoms with van der Waals surface area (Å²) >= 11 is 0. The highest BCUT2D eigenvalue weighted by molar-refractivity contribution is 5.88. The normalized spacial score (nSPS) is 20.8. The molecule has 162 valence electrons. The number of nitrogens with zero attached hydrogens (tertiary/aromatic N) is 3. The van der Waals surface area contributed by atoms with E-state index in [4.69, 9.17) is 0 Å². The van der Waals surface area contributed by atoms with Crippen molar-refractivity contribution in [3.8, 4) is 0 Å². The predicted octanol–water partition coefficient (Wildman–Crippen LogP) is 2.47. The Morgan fingerprint density at radius 3 is 2.70 bits per heavy atom. The summed E-state index contributed by atoms with van der Waals surface area (Å²) in [5.41, 5.74) is 1.06. The number of hydrogen-bond donors (Lipinski definition) is 2. The number of aromatic nitrogens is 2. The van der Waals surface area contributed by atoms with Crippen molar-refractivity contribution in [3.63, 3.8) is 0 Å². The average Bonchev–Trinajstić information content (AvgIpc) is 3.16. The Morgan fingerprint density at radius 2 is 1.97 bits per heavy atom. The number of carbonyl (C=O) groups excluding carboxylic acids is 2. The summed E-state index contributed by atoms with van der Waals surface area (Å²) in [7, 11) is 0. The van der Waals surface area contributed by atoms with Gasteiger partial charge >= 0.3 is 0 Å². The largest absolute Gasteiger partial charge is 0.388 e. The quantitative estimate of drug-likeness (QED) is 0.790. The molecule has 2 aromatic rings. The van der Waals surface area contributed by atoms with E-state index in [0.29, 0.717) is 32.5 Å². The van der Waals surface area contributed by atoms with Gasteiger partial charge in [-0.25, -0.2) is 0 Å². The second kappa shape index (κ2) is 8.76. The summed E-state index contributed by atoms with van der Waals surface area (Å²) in [4.78, 5) is 31.4. The number of fused-ring (bicyclic) bond motifs is 1. The highest BCUT2D eigenvalue weighted by atomic mass is 16.3. The van der Waals surface area contributed by atoms with Crippen LogP contribution in [0.2, 0.25) is 0 Å². The van der Waals surface area contributed by atoms with Gasteiger partial charge in [-0.05, 0) is 50.8 Å². The molecule has 0 spiro atoms. The predicted molar refractivity (Wildman–Crippen MR) is 115 cm³/mol. The first kappa shape index (κ1) is 20.8. The highest BCUT2D eigenvalue weighted by Gasteiger charge is 2.36. The molecule has 0 radical (unpaired) electrons. The lowest BCUT2D eigenvalue weighted by atomic mass is 9.88. The van der Waals surface area contributed by atoms with Gasteiger partial charge in [-0.1, -0.05) is 19.3 Å². The van der Waals surface area contributed by atoms with Gasteiger partial charge in [0.25, 0.3) is 0 Å². The Kier molecular flexibility index (Phi) is 6.09. The number of aliphatic hydroxyl groups is 1. The van der Waals surface area contributed by atoms with Crippen LogP contribution >= 0.6 is 0 Å². The van der Waals surface area contributed by atoms with Crippen LogP contribution in [0.5, 0.6) is 0 Å². The molecule has 1 unspecified atom stereocenters. The fraction of sp³-hybridized carbons (Fsp3) is 0.609. The van der Waals surface area contributed by atoms with Crippen molar-refractivity contribution in [3.05, 3.63) is 30.6 Å². The van der Waals surface area contributed by atoms with Crippen molar-refractivity contribution in [1.29, 1.82) is 0 Å². The Balaban J connectivity index is 1.30. The standard InChI is InChI=1S/C23H32N4O3/c1-17(25-21(28)18-6-3-2-4-7-18)22(29)26-14-10-23(30,11-15-26)16-27-13-9-19-20(27)8-5-12-24-19/h5,8-9,12-13,17-18,30H,2-4,6-7,10-11,14-16H2,1H3,(H,25,28). The van der Waals surface area contributed by atoms with Gasteiger partial charge < -0.3 is 19.9 Å². The van der Waals surface area contributed by atoms with E-state index in [9.17, 15) is 14.7 Å². The monoisotopic (exact) mass is 412 g/mol. The van der Waals surface area contributed by atoms with E-state index in [1.807, 2.05) is 29.0 Å². The van der Waals surface area contributed by atoms with Crippen molar-refractivity contribution in [1.82, 2.24) is 19.8 Å². The number of piperidine rings is 1. The van der Waals surface area contributed by atoms with Crippen LogP contribution in [0.15, 0.2) is 30.6 Å². The van der Waals surface area contributed by atoms with Crippen LogP contribution in [-0.2, 0) is 16.1 Å². The maximum Gasteiger partial charge on any atom is 0.244 e. The summed E-state index contributed by atoms with van der Waals surface area (Å²) < 4.78 is 2.03. The molecular formula is C23H32N4O3. The molecule has 0 aromatic carbocycles. The lowest BCUT2D eigenvalue weighted by molar-refractivity contribution is -0.140. The molecular weight excluding hydrogens is 380 g/mol. The molecule has 1 atom stereocenters. The van der Waals surface area contributed by atoms with Crippen LogP contribution in [0.4, 0.5) is 0 Å². The van der Waals surface area contributed by atoms with E-state index >= 15 is 0 Å². The summed E-state index contributed by atoms with van der Waals surface area (Å²) in [5.74, 6) is 0.000291. The van der Waals surface area contributed by atoms with Crippen molar-refractivity contribution in [2.75, 3.05) is 13.1 Å². The molecule has 1 saturated heterocycles. The third-order valence-electron chi connectivity index (χ3n) is 6.71. The van der Waals surface area contributed by atoms with Crippen molar-refractivity contribution < 1.29 is 14.7 Å². The number of amides is 2. The fourth-order valence-electron chi connectivity index (χ4n) is 4.81. The molecule has 4 rings (SSSR count). The molecule has 1 saturated carbocycles. The Labute approximate surface area is 177 Å². The first-order chi connectivity index (χ1) is 14.5. The van der Waals surface area contributed by atoms with Crippen LogP contribution < -0.4 is 5.32 Å². The maximum absolute atomic E-state index is 12.8. The van der Waals surface area contributed by atoms with E-state index in [1.165, 1.54) is 6.42 Å². The summed E-state index contributed by atoms with van der Waals surface area (Å²) in [6.07, 6.45) is 9.99. The second-order valence-corrected chi connectivity index (χ2v) is 8.97. The number of likely N-dealkylation sites (tertiary alicyclic amines) is 1. The molecule has 30 heavy (non-hydrogen) atoms. The van der Waals surface area contributed by atoms with Gasteiger partial charge in [-0.15, -0.1) is 0 Å². The average molecular weight is 413 g/mol. The molecule has 1 aliphatic carbocycles. The van der Waals surface area contributed by atoms with Gasteiger partial charge in [0.05, 0.1) is 23.2 Å². The highest BCUT2D eigenvalue weighted by Crippen LogP contribution is 2.27. The molecule has 0 bridgehead atoms. The first-order valence-electron chi connectivity index (χ1n) is 11.2. The molecule has 3 heterocycles. The van der Waals surface area contributed by atoms with Gasteiger partial charge in [0.1, 0.15) is 6.04 Å². The first-order valence-corrected chi connectivity index (χ1v) is 11.2. The fourth-order valence-corrected chi connectivity index (χ4v) is 4.81. The maximum atomic E-state index is 12.8. The Morgan fingerprint density at radius 1 is 1.23 bits per heavy atom. The molecule has 7 heteroatoms. The van der Waals surface area contributed by atoms with Gasteiger partial charge in [0.2, 0.25) is 11.8 Å².